The highest BCUT2D eigenvalue weighted by Gasteiger charge is 2.14. The average molecular weight is 346 g/mol. The van der Waals surface area contributed by atoms with Crippen molar-refractivity contribution in [1.29, 1.82) is 0 Å². The molecule has 0 saturated carbocycles. The Labute approximate surface area is 122 Å². The van der Waals surface area contributed by atoms with E-state index in [2.05, 4.69) is 21.2 Å². The highest BCUT2D eigenvalue weighted by Crippen LogP contribution is 2.24. The molecule has 2 N–H and O–H groups in total. The summed E-state index contributed by atoms with van der Waals surface area (Å²) in [6.07, 6.45) is -1.16. The predicted octanol–water partition coefficient (Wildman–Crippen LogP) is 4.01. The molecule has 106 valence electrons. The fourth-order valence-electron chi connectivity index (χ4n) is 1.72. The molecule has 1 unspecified atom stereocenters. The van der Waals surface area contributed by atoms with Crippen molar-refractivity contribution in [1.82, 2.24) is 0 Å². The molecule has 0 amide bonds. The summed E-state index contributed by atoms with van der Waals surface area (Å²) in [7, 11) is 0. The Bertz CT molecular complexity index is 621. The Morgan fingerprint density at radius 1 is 1.05 bits per heavy atom. The maximum atomic E-state index is 13.5. The van der Waals surface area contributed by atoms with Gasteiger partial charge in [0, 0.05) is 18.2 Å². The zero-order valence-electron chi connectivity index (χ0n) is 10.2. The first kappa shape index (κ1) is 14.9. The van der Waals surface area contributed by atoms with Crippen molar-refractivity contribution in [3.05, 3.63) is 63.9 Å². The summed E-state index contributed by atoms with van der Waals surface area (Å²) in [5.74, 6) is -1.85. The van der Waals surface area contributed by atoms with E-state index in [1.165, 1.54) is 18.2 Å². The molecular weight excluding hydrogens is 335 g/mol. The third-order valence-corrected chi connectivity index (χ3v) is 3.37. The van der Waals surface area contributed by atoms with Crippen LogP contribution in [-0.4, -0.2) is 11.7 Å². The van der Waals surface area contributed by atoms with Crippen molar-refractivity contribution in [2.45, 2.75) is 6.10 Å². The standard InChI is InChI=1S/C14H11BrF3NO/c15-9-5-12(18)13(6-11(9)17)19-7-14(20)8-3-1-2-4-10(8)16/h1-6,14,19-20H,7H2. The lowest BCUT2D eigenvalue weighted by molar-refractivity contribution is 0.186. The van der Waals surface area contributed by atoms with Gasteiger partial charge in [0.05, 0.1) is 16.3 Å². The molecule has 2 aromatic carbocycles. The molecule has 0 saturated heterocycles. The highest BCUT2D eigenvalue weighted by molar-refractivity contribution is 9.10. The van der Waals surface area contributed by atoms with Crippen molar-refractivity contribution >= 4 is 21.6 Å². The normalized spacial score (nSPS) is 12.2. The SMILES string of the molecule is OC(CNc1cc(F)c(Br)cc1F)c1ccccc1F. The lowest BCUT2D eigenvalue weighted by Gasteiger charge is -2.14. The van der Waals surface area contributed by atoms with E-state index in [-0.39, 0.29) is 22.3 Å². The van der Waals surface area contributed by atoms with E-state index in [4.69, 9.17) is 0 Å². The fraction of sp³-hybridized carbons (Fsp3) is 0.143. The maximum absolute atomic E-state index is 13.5. The lowest BCUT2D eigenvalue weighted by atomic mass is 10.1. The van der Waals surface area contributed by atoms with E-state index < -0.39 is 23.6 Å². The Hall–Kier alpha value is -1.53. The van der Waals surface area contributed by atoms with Crippen LogP contribution >= 0.6 is 15.9 Å². The van der Waals surface area contributed by atoms with Crippen LogP contribution < -0.4 is 5.32 Å². The van der Waals surface area contributed by atoms with Crippen LogP contribution in [0.15, 0.2) is 40.9 Å². The Kier molecular flexibility index (Phi) is 4.67. The molecule has 2 nitrogen and oxygen atoms in total. The van der Waals surface area contributed by atoms with Gasteiger partial charge in [-0.25, -0.2) is 13.2 Å². The smallest absolute Gasteiger partial charge is 0.147 e. The summed E-state index contributed by atoms with van der Waals surface area (Å²) < 4.78 is 40.3. The Morgan fingerprint density at radius 2 is 1.75 bits per heavy atom. The number of halogens is 4. The number of aliphatic hydroxyl groups is 1. The summed E-state index contributed by atoms with van der Waals surface area (Å²) in [6, 6.07) is 7.68. The van der Waals surface area contributed by atoms with Gasteiger partial charge in [0.25, 0.3) is 0 Å². The molecule has 0 bridgehead atoms. The summed E-state index contributed by atoms with van der Waals surface area (Å²) in [5.41, 5.74) is -0.000851. The van der Waals surface area contributed by atoms with E-state index >= 15 is 0 Å². The van der Waals surface area contributed by atoms with Crippen molar-refractivity contribution in [2.75, 3.05) is 11.9 Å². The van der Waals surface area contributed by atoms with Crippen LogP contribution in [0.2, 0.25) is 0 Å². The van der Waals surface area contributed by atoms with Gasteiger partial charge >= 0.3 is 0 Å². The van der Waals surface area contributed by atoms with Gasteiger partial charge < -0.3 is 10.4 Å². The number of rotatable bonds is 4. The summed E-state index contributed by atoms with van der Waals surface area (Å²) in [5, 5.41) is 12.4. The summed E-state index contributed by atoms with van der Waals surface area (Å²) in [4.78, 5) is 0. The van der Waals surface area contributed by atoms with Crippen molar-refractivity contribution in [3.8, 4) is 0 Å². The molecular formula is C14H11BrF3NO. The molecule has 0 aromatic heterocycles. The van der Waals surface area contributed by atoms with E-state index in [1.807, 2.05) is 0 Å². The van der Waals surface area contributed by atoms with Crippen molar-refractivity contribution in [2.24, 2.45) is 0 Å². The molecule has 0 radical (unpaired) electrons. The number of benzene rings is 2. The quantitative estimate of drug-likeness (QED) is 0.820. The van der Waals surface area contributed by atoms with Crippen molar-refractivity contribution in [3.63, 3.8) is 0 Å². The van der Waals surface area contributed by atoms with Crippen LogP contribution in [0.25, 0.3) is 0 Å². The number of anilines is 1. The Balaban J connectivity index is 2.09. The van der Waals surface area contributed by atoms with Gasteiger partial charge in [0.15, 0.2) is 0 Å². The number of nitrogens with one attached hydrogen (secondary N) is 1. The number of aliphatic hydroxyl groups excluding tert-OH is 1. The van der Waals surface area contributed by atoms with Crippen LogP contribution in [0.5, 0.6) is 0 Å². The second kappa shape index (κ2) is 6.28. The average Bonchev–Trinajstić information content (AvgIpc) is 2.41. The first-order valence-electron chi connectivity index (χ1n) is 5.80. The van der Waals surface area contributed by atoms with E-state index in [9.17, 15) is 18.3 Å². The van der Waals surface area contributed by atoms with Crippen LogP contribution in [0.4, 0.5) is 18.9 Å². The van der Waals surface area contributed by atoms with Gasteiger partial charge in [-0.3, -0.25) is 0 Å². The van der Waals surface area contributed by atoms with E-state index in [0.717, 1.165) is 12.1 Å². The molecule has 2 rings (SSSR count). The largest absolute Gasteiger partial charge is 0.386 e. The Morgan fingerprint density at radius 3 is 2.45 bits per heavy atom. The molecule has 0 spiro atoms. The second-order valence-electron chi connectivity index (χ2n) is 4.16. The van der Waals surface area contributed by atoms with Gasteiger partial charge in [-0.05, 0) is 28.1 Å². The minimum atomic E-state index is -1.16. The van der Waals surface area contributed by atoms with Gasteiger partial charge in [-0.15, -0.1) is 0 Å². The van der Waals surface area contributed by atoms with Gasteiger partial charge in [-0.1, -0.05) is 18.2 Å². The number of hydrogen-bond donors (Lipinski definition) is 2. The monoisotopic (exact) mass is 345 g/mol. The molecule has 20 heavy (non-hydrogen) atoms. The molecule has 2 aromatic rings. The minimum absolute atomic E-state index is 0.00945. The first-order valence-corrected chi connectivity index (χ1v) is 6.59. The first-order chi connectivity index (χ1) is 9.49. The van der Waals surface area contributed by atoms with Crippen LogP contribution in [0.1, 0.15) is 11.7 Å². The third-order valence-electron chi connectivity index (χ3n) is 2.76. The van der Waals surface area contributed by atoms with Crippen LogP contribution in [0, 0.1) is 17.5 Å². The molecule has 0 aliphatic rings. The molecule has 6 heteroatoms. The second-order valence-corrected chi connectivity index (χ2v) is 5.02. The highest BCUT2D eigenvalue weighted by atomic mass is 79.9. The molecule has 0 aliphatic carbocycles. The van der Waals surface area contributed by atoms with Gasteiger partial charge in [0.1, 0.15) is 17.5 Å². The molecule has 0 aliphatic heterocycles. The van der Waals surface area contributed by atoms with E-state index in [1.54, 1.807) is 6.07 Å². The van der Waals surface area contributed by atoms with Crippen LogP contribution in [0.3, 0.4) is 0 Å². The molecule has 0 fully saturated rings. The topological polar surface area (TPSA) is 32.3 Å². The molecule has 0 heterocycles. The predicted molar refractivity (Wildman–Crippen MR) is 73.9 cm³/mol. The summed E-state index contributed by atoms with van der Waals surface area (Å²) >= 11 is 2.86. The maximum Gasteiger partial charge on any atom is 0.147 e. The van der Waals surface area contributed by atoms with Gasteiger partial charge in [-0.2, -0.15) is 0 Å². The minimum Gasteiger partial charge on any atom is -0.386 e. The lowest BCUT2D eigenvalue weighted by Crippen LogP contribution is -2.14. The van der Waals surface area contributed by atoms with Crippen LogP contribution in [-0.2, 0) is 0 Å². The summed E-state index contributed by atoms with van der Waals surface area (Å²) in [6.45, 7) is -0.140. The molecule has 1 atom stereocenters. The fourth-order valence-corrected chi connectivity index (χ4v) is 2.04. The third kappa shape index (κ3) is 3.32. The van der Waals surface area contributed by atoms with E-state index in [0.29, 0.717) is 0 Å². The zero-order chi connectivity index (χ0) is 14.7. The van der Waals surface area contributed by atoms with Crippen molar-refractivity contribution < 1.29 is 18.3 Å². The number of hydrogen-bond acceptors (Lipinski definition) is 2. The zero-order valence-corrected chi connectivity index (χ0v) is 11.8. The van der Waals surface area contributed by atoms with Gasteiger partial charge in [0.2, 0.25) is 0 Å².